The quantitative estimate of drug-likeness (QED) is 0.133. The van der Waals surface area contributed by atoms with Crippen LogP contribution in [0.15, 0.2) is 12.2 Å². The fourth-order valence-electron chi connectivity index (χ4n) is 3.91. The van der Waals surface area contributed by atoms with Gasteiger partial charge >= 0.3 is 5.97 Å². The minimum Gasteiger partial charge on any atom is -0.480 e. The van der Waals surface area contributed by atoms with E-state index in [-0.39, 0.29) is 5.91 Å². The Kier molecular flexibility index (Phi) is 21.9. The molecule has 0 aromatic heterocycles. The summed E-state index contributed by atoms with van der Waals surface area (Å²) in [7, 11) is 3.57. The summed E-state index contributed by atoms with van der Waals surface area (Å²) >= 11 is 0. The number of carboxylic acid groups (broad SMARTS) is 1. The summed E-state index contributed by atoms with van der Waals surface area (Å²) in [5, 5.41) is 12.1. The van der Waals surface area contributed by atoms with Crippen LogP contribution in [0.5, 0.6) is 0 Å². The topological polar surface area (TPSA) is 69.6 Å². The minimum absolute atomic E-state index is 0.119. The standard InChI is InChI=1S/C27H52N2O3/c1-4-5-6-7-8-9-10-11-12-13-14-15-16-17-18-19-23-26(30)28-24-21-20-22-25(27(31)32)29(2)3/h14-15,25H,4-13,16-24H2,1-3H3,(H,28,30)(H,31,32)/b15-14+/t25-/m0/s1. The first-order valence-corrected chi connectivity index (χ1v) is 13.3. The number of nitrogens with zero attached hydrogens (tertiary/aromatic N) is 1. The zero-order valence-corrected chi connectivity index (χ0v) is 21.4. The molecule has 188 valence electrons. The van der Waals surface area contributed by atoms with Crippen molar-refractivity contribution in [2.75, 3.05) is 20.6 Å². The molecule has 5 nitrogen and oxygen atoms in total. The Morgan fingerprint density at radius 3 is 1.84 bits per heavy atom. The van der Waals surface area contributed by atoms with Gasteiger partial charge in [0, 0.05) is 13.0 Å². The molecule has 32 heavy (non-hydrogen) atoms. The number of carboxylic acids is 1. The molecular formula is C27H52N2O3. The van der Waals surface area contributed by atoms with E-state index in [1.54, 1.807) is 19.0 Å². The van der Waals surface area contributed by atoms with Crippen LogP contribution in [-0.2, 0) is 9.59 Å². The molecule has 1 amide bonds. The van der Waals surface area contributed by atoms with Gasteiger partial charge in [0.25, 0.3) is 0 Å². The highest BCUT2D eigenvalue weighted by Gasteiger charge is 2.18. The molecule has 0 unspecified atom stereocenters. The summed E-state index contributed by atoms with van der Waals surface area (Å²) in [6.45, 7) is 2.91. The number of carbonyl (C=O) groups excluding carboxylic acids is 1. The van der Waals surface area contributed by atoms with Gasteiger partial charge in [0.15, 0.2) is 0 Å². The summed E-state index contributed by atoms with van der Waals surface area (Å²) in [6.07, 6.45) is 25.5. The monoisotopic (exact) mass is 452 g/mol. The molecule has 0 bridgehead atoms. The van der Waals surface area contributed by atoms with Gasteiger partial charge in [-0.05, 0) is 65.5 Å². The van der Waals surface area contributed by atoms with Crippen LogP contribution >= 0.6 is 0 Å². The SMILES string of the molecule is CCCCCCCCCCC/C=C/CCCCCC(=O)NCCCC[C@@H](C(=O)O)N(C)C. The predicted octanol–water partition coefficient (Wildman–Crippen LogP) is 6.72. The lowest BCUT2D eigenvalue weighted by Gasteiger charge is -2.19. The van der Waals surface area contributed by atoms with Gasteiger partial charge in [-0.15, -0.1) is 0 Å². The van der Waals surface area contributed by atoms with Crippen molar-refractivity contribution >= 4 is 11.9 Å². The maximum atomic E-state index is 11.9. The second kappa shape index (κ2) is 22.8. The molecule has 5 heteroatoms. The fraction of sp³-hybridized carbons (Fsp3) is 0.852. The largest absolute Gasteiger partial charge is 0.480 e. The summed E-state index contributed by atoms with van der Waals surface area (Å²) in [5.74, 6) is -0.661. The number of allylic oxidation sites excluding steroid dienone is 2. The summed E-state index contributed by atoms with van der Waals surface area (Å²) in [6, 6.07) is -0.440. The molecule has 0 aliphatic carbocycles. The van der Waals surface area contributed by atoms with Gasteiger partial charge in [-0.25, -0.2) is 0 Å². The number of rotatable bonds is 23. The van der Waals surface area contributed by atoms with E-state index < -0.39 is 12.0 Å². The number of amides is 1. The minimum atomic E-state index is -0.780. The highest BCUT2D eigenvalue weighted by Crippen LogP contribution is 2.11. The average Bonchev–Trinajstić information content (AvgIpc) is 2.75. The van der Waals surface area contributed by atoms with Gasteiger partial charge in [0.1, 0.15) is 6.04 Å². The van der Waals surface area contributed by atoms with Crippen LogP contribution in [0.2, 0.25) is 0 Å². The third-order valence-corrected chi connectivity index (χ3v) is 6.05. The van der Waals surface area contributed by atoms with Gasteiger partial charge in [-0.1, -0.05) is 76.9 Å². The van der Waals surface area contributed by atoms with Crippen molar-refractivity contribution in [1.29, 1.82) is 0 Å². The number of hydrogen-bond donors (Lipinski definition) is 2. The lowest BCUT2D eigenvalue weighted by molar-refractivity contribution is -0.142. The van der Waals surface area contributed by atoms with Gasteiger partial charge in [-0.2, -0.15) is 0 Å². The van der Waals surface area contributed by atoms with Crippen molar-refractivity contribution in [3.63, 3.8) is 0 Å². The van der Waals surface area contributed by atoms with E-state index >= 15 is 0 Å². The van der Waals surface area contributed by atoms with Crippen molar-refractivity contribution < 1.29 is 14.7 Å². The number of unbranched alkanes of at least 4 members (excludes halogenated alkanes) is 13. The Morgan fingerprint density at radius 2 is 1.31 bits per heavy atom. The normalized spacial score (nSPS) is 12.5. The fourth-order valence-corrected chi connectivity index (χ4v) is 3.91. The molecule has 0 aliphatic heterocycles. The zero-order chi connectivity index (χ0) is 23.9. The molecule has 2 N–H and O–H groups in total. The number of nitrogens with one attached hydrogen (secondary N) is 1. The molecule has 0 spiro atoms. The van der Waals surface area contributed by atoms with E-state index in [0.29, 0.717) is 19.4 Å². The van der Waals surface area contributed by atoms with Crippen LogP contribution in [0.25, 0.3) is 0 Å². The Hall–Kier alpha value is -1.36. The molecule has 1 atom stereocenters. The predicted molar refractivity (Wildman–Crippen MR) is 136 cm³/mol. The molecule has 0 heterocycles. The van der Waals surface area contributed by atoms with Crippen molar-refractivity contribution in [2.45, 2.75) is 129 Å². The first-order chi connectivity index (χ1) is 15.5. The Morgan fingerprint density at radius 1 is 0.781 bits per heavy atom. The van der Waals surface area contributed by atoms with Crippen molar-refractivity contribution in [3.8, 4) is 0 Å². The van der Waals surface area contributed by atoms with Crippen LogP contribution in [0.4, 0.5) is 0 Å². The van der Waals surface area contributed by atoms with Gasteiger partial charge < -0.3 is 10.4 Å². The van der Waals surface area contributed by atoms with Gasteiger partial charge in [0.05, 0.1) is 0 Å². The first kappa shape index (κ1) is 30.6. The molecular weight excluding hydrogens is 400 g/mol. The van der Waals surface area contributed by atoms with Crippen molar-refractivity contribution in [1.82, 2.24) is 10.2 Å². The van der Waals surface area contributed by atoms with Crippen LogP contribution in [0, 0.1) is 0 Å². The number of aliphatic carboxylic acids is 1. The molecule has 0 aromatic carbocycles. The van der Waals surface area contributed by atoms with E-state index in [0.717, 1.165) is 38.5 Å². The lowest BCUT2D eigenvalue weighted by Crippen LogP contribution is -2.35. The third-order valence-electron chi connectivity index (χ3n) is 6.05. The number of hydrogen-bond acceptors (Lipinski definition) is 3. The van der Waals surface area contributed by atoms with E-state index in [1.807, 2.05) is 0 Å². The molecule has 0 radical (unpaired) electrons. The molecule has 0 saturated carbocycles. The van der Waals surface area contributed by atoms with Crippen LogP contribution in [0.1, 0.15) is 122 Å². The molecule has 0 aliphatic rings. The highest BCUT2D eigenvalue weighted by atomic mass is 16.4. The second-order valence-electron chi connectivity index (χ2n) is 9.35. The smallest absolute Gasteiger partial charge is 0.320 e. The Bertz CT molecular complexity index is 478. The number of carbonyl (C=O) groups is 2. The zero-order valence-electron chi connectivity index (χ0n) is 21.4. The molecule has 0 fully saturated rings. The number of likely N-dealkylation sites (N-methyl/N-ethyl adjacent to an activating group) is 1. The maximum Gasteiger partial charge on any atom is 0.320 e. The van der Waals surface area contributed by atoms with E-state index in [9.17, 15) is 9.59 Å². The lowest BCUT2D eigenvalue weighted by atomic mass is 10.1. The second-order valence-corrected chi connectivity index (χ2v) is 9.35. The van der Waals surface area contributed by atoms with Crippen molar-refractivity contribution in [3.05, 3.63) is 12.2 Å². The van der Waals surface area contributed by atoms with Crippen LogP contribution < -0.4 is 5.32 Å². The average molecular weight is 453 g/mol. The Balaban J connectivity index is 3.39. The Labute approximate surface area is 198 Å². The van der Waals surface area contributed by atoms with Gasteiger partial charge in [-0.3, -0.25) is 14.5 Å². The molecule has 0 aromatic rings. The van der Waals surface area contributed by atoms with Crippen molar-refractivity contribution in [2.24, 2.45) is 0 Å². The maximum absolute atomic E-state index is 11.9. The molecule has 0 saturated heterocycles. The third kappa shape index (κ3) is 20.5. The summed E-state index contributed by atoms with van der Waals surface area (Å²) in [5.41, 5.74) is 0. The first-order valence-electron chi connectivity index (χ1n) is 13.3. The van der Waals surface area contributed by atoms with E-state index in [1.165, 1.54) is 64.2 Å². The summed E-state index contributed by atoms with van der Waals surface area (Å²) < 4.78 is 0. The van der Waals surface area contributed by atoms with E-state index in [4.69, 9.17) is 5.11 Å². The highest BCUT2D eigenvalue weighted by molar-refractivity contribution is 5.75. The van der Waals surface area contributed by atoms with E-state index in [2.05, 4.69) is 24.4 Å². The van der Waals surface area contributed by atoms with Crippen LogP contribution in [0.3, 0.4) is 0 Å². The van der Waals surface area contributed by atoms with Crippen LogP contribution in [-0.4, -0.2) is 48.6 Å². The van der Waals surface area contributed by atoms with Gasteiger partial charge in [0.2, 0.25) is 5.91 Å². The summed E-state index contributed by atoms with van der Waals surface area (Å²) in [4.78, 5) is 24.7. The molecule has 0 rings (SSSR count).